The molecule has 0 atom stereocenters. The van der Waals surface area contributed by atoms with Gasteiger partial charge < -0.3 is 9.90 Å². The number of rotatable bonds is 4. The first-order valence-electron chi connectivity index (χ1n) is 5.99. The number of hydrogen-bond donors (Lipinski definition) is 0. The first-order valence-corrected chi connectivity index (χ1v) is 7.22. The van der Waals surface area contributed by atoms with Crippen molar-refractivity contribution in [3.05, 3.63) is 40.3 Å². The van der Waals surface area contributed by atoms with Gasteiger partial charge in [0.25, 0.3) is 5.91 Å². The number of carboxylic acid groups (broad SMARTS) is 1. The standard InChI is InChI=1S/C14H13NO3S2/c1-9-3-2-4-10(7-9)8-11-13(18)15(14(19)20-11)6-5-12(16)17/h2-4,7-8H,5-6H2,1H3,(H,16,17)/p-1/b11-8-. The van der Waals surface area contributed by atoms with Gasteiger partial charge in [-0.3, -0.25) is 9.69 Å². The molecule has 1 fully saturated rings. The lowest BCUT2D eigenvalue weighted by Gasteiger charge is -2.14. The second-order valence-electron chi connectivity index (χ2n) is 4.37. The van der Waals surface area contributed by atoms with Gasteiger partial charge in [0, 0.05) is 18.9 Å². The van der Waals surface area contributed by atoms with Gasteiger partial charge in [0.1, 0.15) is 4.32 Å². The van der Waals surface area contributed by atoms with Gasteiger partial charge >= 0.3 is 0 Å². The number of thioether (sulfide) groups is 1. The number of benzene rings is 1. The van der Waals surface area contributed by atoms with Crippen LogP contribution in [0.2, 0.25) is 0 Å². The summed E-state index contributed by atoms with van der Waals surface area (Å²) in [6, 6.07) is 7.76. The Morgan fingerprint density at radius 1 is 1.50 bits per heavy atom. The van der Waals surface area contributed by atoms with Gasteiger partial charge in [-0.2, -0.15) is 0 Å². The molecular weight excluding hydrogens is 294 g/mol. The predicted octanol–water partition coefficient (Wildman–Crippen LogP) is 1.34. The van der Waals surface area contributed by atoms with E-state index in [-0.39, 0.29) is 18.9 Å². The Balaban J connectivity index is 2.17. The van der Waals surface area contributed by atoms with E-state index < -0.39 is 5.97 Å². The third-order valence-corrected chi connectivity index (χ3v) is 4.13. The summed E-state index contributed by atoms with van der Waals surface area (Å²) in [6.07, 6.45) is 1.55. The van der Waals surface area contributed by atoms with Gasteiger partial charge in [0.05, 0.1) is 4.91 Å². The molecule has 0 spiro atoms. The highest BCUT2D eigenvalue weighted by atomic mass is 32.2. The Hall–Kier alpha value is -1.66. The Labute approximate surface area is 126 Å². The molecule has 6 heteroatoms. The largest absolute Gasteiger partial charge is 0.550 e. The first-order chi connectivity index (χ1) is 9.47. The number of thiocarbonyl (C=S) groups is 1. The SMILES string of the molecule is Cc1cccc(/C=C2\SC(=S)N(CCC(=O)[O-])C2=O)c1. The van der Waals surface area contributed by atoms with Gasteiger partial charge in [0.2, 0.25) is 0 Å². The molecule has 1 aromatic carbocycles. The van der Waals surface area contributed by atoms with Crippen LogP contribution in [-0.2, 0) is 9.59 Å². The zero-order valence-corrected chi connectivity index (χ0v) is 12.4. The quantitative estimate of drug-likeness (QED) is 0.620. The highest BCUT2D eigenvalue weighted by molar-refractivity contribution is 8.26. The van der Waals surface area contributed by atoms with Crippen molar-refractivity contribution >= 4 is 46.3 Å². The van der Waals surface area contributed by atoms with Gasteiger partial charge in [-0.1, -0.05) is 53.8 Å². The van der Waals surface area contributed by atoms with Crippen LogP contribution in [0, 0.1) is 6.92 Å². The van der Waals surface area contributed by atoms with Crippen molar-refractivity contribution in [2.24, 2.45) is 0 Å². The van der Waals surface area contributed by atoms with Crippen molar-refractivity contribution in [2.75, 3.05) is 6.54 Å². The summed E-state index contributed by atoms with van der Waals surface area (Å²) in [5.41, 5.74) is 2.02. The number of amides is 1. The fourth-order valence-electron chi connectivity index (χ4n) is 1.81. The monoisotopic (exact) mass is 306 g/mol. The van der Waals surface area contributed by atoms with Crippen molar-refractivity contribution in [1.82, 2.24) is 4.90 Å². The molecule has 1 aliphatic heterocycles. The molecule has 1 aromatic rings. The second-order valence-corrected chi connectivity index (χ2v) is 6.05. The molecule has 0 bridgehead atoms. The summed E-state index contributed by atoms with van der Waals surface area (Å²) in [5.74, 6) is -1.44. The Morgan fingerprint density at radius 3 is 2.90 bits per heavy atom. The molecule has 0 saturated carbocycles. The number of hydrogen-bond acceptors (Lipinski definition) is 5. The van der Waals surface area contributed by atoms with Crippen molar-refractivity contribution in [3.63, 3.8) is 0 Å². The molecule has 1 aliphatic rings. The summed E-state index contributed by atoms with van der Waals surface area (Å²) >= 11 is 6.29. The van der Waals surface area contributed by atoms with Crippen molar-refractivity contribution in [1.29, 1.82) is 0 Å². The lowest BCUT2D eigenvalue weighted by molar-refractivity contribution is -0.305. The number of carbonyl (C=O) groups is 2. The van der Waals surface area contributed by atoms with Crippen LogP contribution >= 0.6 is 24.0 Å². The minimum atomic E-state index is -1.19. The number of carboxylic acids is 1. The predicted molar refractivity (Wildman–Crippen MR) is 80.7 cm³/mol. The Morgan fingerprint density at radius 2 is 2.25 bits per heavy atom. The molecule has 1 amide bonds. The third kappa shape index (κ3) is 3.46. The van der Waals surface area contributed by atoms with E-state index >= 15 is 0 Å². The van der Waals surface area contributed by atoms with Crippen LogP contribution < -0.4 is 5.11 Å². The van der Waals surface area contributed by atoms with E-state index in [1.165, 1.54) is 16.7 Å². The molecule has 2 rings (SSSR count). The van der Waals surface area contributed by atoms with Gasteiger partial charge in [-0.25, -0.2) is 0 Å². The van der Waals surface area contributed by atoms with Gasteiger partial charge in [0.15, 0.2) is 0 Å². The molecule has 0 N–H and O–H groups in total. The molecule has 0 aromatic heterocycles. The average Bonchev–Trinajstić information content (AvgIpc) is 2.62. The van der Waals surface area contributed by atoms with Crippen LogP contribution in [-0.4, -0.2) is 27.6 Å². The number of aliphatic carboxylic acids is 1. The number of carbonyl (C=O) groups excluding carboxylic acids is 2. The minimum Gasteiger partial charge on any atom is -0.550 e. The van der Waals surface area contributed by atoms with E-state index in [0.717, 1.165) is 11.1 Å². The van der Waals surface area contributed by atoms with Gasteiger partial charge in [-0.05, 0) is 18.6 Å². The Bertz CT molecular complexity index is 610. The zero-order chi connectivity index (χ0) is 14.7. The maximum Gasteiger partial charge on any atom is 0.266 e. The fourth-order valence-corrected chi connectivity index (χ4v) is 3.12. The van der Waals surface area contributed by atoms with E-state index in [1.54, 1.807) is 6.08 Å². The Kier molecular flexibility index (Phi) is 4.57. The maximum atomic E-state index is 12.2. The zero-order valence-electron chi connectivity index (χ0n) is 10.8. The fraction of sp³-hybridized carbons (Fsp3) is 0.214. The van der Waals surface area contributed by atoms with Crippen molar-refractivity contribution in [3.8, 4) is 0 Å². The van der Waals surface area contributed by atoms with Crippen LogP contribution in [0.25, 0.3) is 6.08 Å². The van der Waals surface area contributed by atoms with Crippen LogP contribution in [0.4, 0.5) is 0 Å². The smallest absolute Gasteiger partial charge is 0.266 e. The van der Waals surface area contributed by atoms with E-state index in [2.05, 4.69) is 0 Å². The molecule has 0 aliphatic carbocycles. The molecule has 0 unspecified atom stereocenters. The van der Waals surface area contributed by atoms with E-state index in [1.807, 2.05) is 31.2 Å². The minimum absolute atomic E-state index is 0.0537. The number of aryl methyl sites for hydroxylation is 1. The van der Waals surface area contributed by atoms with Crippen molar-refractivity contribution in [2.45, 2.75) is 13.3 Å². The topological polar surface area (TPSA) is 60.4 Å². The summed E-state index contributed by atoms with van der Waals surface area (Å²) < 4.78 is 0.384. The molecule has 1 saturated heterocycles. The average molecular weight is 306 g/mol. The molecule has 1 heterocycles. The van der Waals surface area contributed by atoms with Crippen LogP contribution in [0.3, 0.4) is 0 Å². The summed E-state index contributed by atoms with van der Waals surface area (Å²) in [5, 5.41) is 10.5. The summed E-state index contributed by atoms with van der Waals surface area (Å²) in [6.45, 7) is 2.03. The van der Waals surface area contributed by atoms with Crippen LogP contribution in [0.5, 0.6) is 0 Å². The molecular formula is C14H12NO3S2-. The van der Waals surface area contributed by atoms with E-state index in [9.17, 15) is 14.7 Å². The maximum absolute atomic E-state index is 12.2. The van der Waals surface area contributed by atoms with Crippen LogP contribution in [0.15, 0.2) is 29.2 Å². The third-order valence-electron chi connectivity index (χ3n) is 2.75. The van der Waals surface area contributed by atoms with Crippen LogP contribution in [0.1, 0.15) is 17.5 Å². The van der Waals surface area contributed by atoms with E-state index in [4.69, 9.17) is 12.2 Å². The molecule has 4 nitrogen and oxygen atoms in total. The lowest BCUT2D eigenvalue weighted by atomic mass is 10.1. The molecule has 0 radical (unpaired) electrons. The van der Waals surface area contributed by atoms with Crippen molar-refractivity contribution < 1.29 is 14.7 Å². The van der Waals surface area contributed by atoms with Gasteiger partial charge in [-0.15, -0.1) is 0 Å². The summed E-state index contributed by atoms with van der Waals surface area (Å²) in [7, 11) is 0. The normalized spacial score (nSPS) is 17.1. The summed E-state index contributed by atoms with van der Waals surface area (Å²) in [4.78, 5) is 24.4. The second kappa shape index (κ2) is 6.19. The number of nitrogens with zero attached hydrogens (tertiary/aromatic N) is 1. The molecule has 104 valence electrons. The van der Waals surface area contributed by atoms with E-state index in [0.29, 0.717) is 9.23 Å². The first kappa shape index (κ1) is 14.7. The highest BCUT2D eigenvalue weighted by Gasteiger charge is 2.31. The molecule has 20 heavy (non-hydrogen) atoms. The highest BCUT2D eigenvalue weighted by Crippen LogP contribution is 2.32. The lowest BCUT2D eigenvalue weighted by Crippen LogP contribution is -2.33.